The first-order valence-corrected chi connectivity index (χ1v) is 13.1. The molecule has 0 radical (unpaired) electrons. The van der Waals surface area contributed by atoms with Gasteiger partial charge in [-0.2, -0.15) is 0 Å². The van der Waals surface area contributed by atoms with E-state index in [4.69, 9.17) is 4.74 Å². The topological polar surface area (TPSA) is 32.8 Å². The van der Waals surface area contributed by atoms with Crippen LogP contribution in [0.3, 0.4) is 0 Å². The van der Waals surface area contributed by atoms with Gasteiger partial charge in [-0.1, -0.05) is 60.7 Å². The molecule has 2 aliphatic rings. The first kappa shape index (κ1) is 24.7. The first-order valence-electron chi connectivity index (χ1n) is 13.1. The number of carbonyl (C=O) groups excluding carboxylic acids is 1. The molecule has 2 heterocycles. The van der Waals surface area contributed by atoms with Crippen molar-refractivity contribution in [3.63, 3.8) is 0 Å². The minimum absolute atomic E-state index is 0.00534. The van der Waals surface area contributed by atoms with E-state index in [1.54, 1.807) is 6.07 Å². The number of hydrogen-bond acceptors (Lipinski definition) is 3. The minimum atomic E-state index is -0.233. The molecule has 5 rings (SSSR count). The zero-order valence-electron chi connectivity index (χ0n) is 21.0. The molecule has 1 amide bonds. The molecular weight excluding hydrogens is 451 g/mol. The summed E-state index contributed by atoms with van der Waals surface area (Å²) in [6.07, 6.45) is 3.06. The molecule has 0 aliphatic carbocycles. The fraction of sp³-hybridized carbons (Fsp3) is 0.387. The Kier molecular flexibility index (Phi) is 7.78. The fourth-order valence-electron chi connectivity index (χ4n) is 5.68. The average molecular weight is 487 g/mol. The summed E-state index contributed by atoms with van der Waals surface area (Å²) in [7, 11) is 0. The van der Waals surface area contributed by atoms with Gasteiger partial charge in [0.1, 0.15) is 5.82 Å². The van der Waals surface area contributed by atoms with Crippen LogP contribution in [0.2, 0.25) is 0 Å². The summed E-state index contributed by atoms with van der Waals surface area (Å²) in [6, 6.07) is 23.7. The van der Waals surface area contributed by atoms with Gasteiger partial charge in [0.2, 0.25) is 5.91 Å². The lowest BCUT2D eigenvalue weighted by atomic mass is 9.85. The second-order valence-electron chi connectivity index (χ2n) is 10.1. The molecule has 0 N–H and O–H groups in total. The van der Waals surface area contributed by atoms with Crippen LogP contribution in [-0.2, 0) is 16.1 Å². The number of ether oxygens (including phenoxy) is 1. The Morgan fingerprint density at radius 1 is 0.972 bits per heavy atom. The maximum absolute atomic E-state index is 13.9. The van der Waals surface area contributed by atoms with E-state index in [1.165, 1.54) is 30.0 Å². The number of aryl methyl sites for hydroxylation is 1. The molecule has 4 nitrogen and oxygen atoms in total. The molecule has 5 heteroatoms. The minimum Gasteiger partial charge on any atom is -0.373 e. The van der Waals surface area contributed by atoms with Crippen molar-refractivity contribution in [1.29, 1.82) is 0 Å². The van der Waals surface area contributed by atoms with Gasteiger partial charge in [0, 0.05) is 19.0 Å². The van der Waals surface area contributed by atoms with Crippen LogP contribution in [-0.4, -0.2) is 54.5 Å². The van der Waals surface area contributed by atoms with Gasteiger partial charge in [-0.25, -0.2) is 4.39 Å². The molecule has 36 heavy (non-hydrogen) atoms. The molecule has 3 aromatic carbocycles. The van der Waals surface area contributed by atoms with E-state index in [-0.39, 0.29) is 23.7 Å². The van der Waals surface area contributed by atoms with Gasteiger partial charge in [0.15, 0.2) is 0 Å². The summed E-state index contributed by atoms with van der Waals surface area (Å²) in [5.74, 6) is -0.0383. The van der Waals surface area contributed by atoms with Gasteiger partial charge in [0.25, 0.3) is 0 Å². The van der Waals surface area contributed by atoms with E-state index in [0.29, 0.717) is 26.2 Å². The molecule has 0 aromatic heterocycles. The molecule has 2 aliphatic heterocycles. The highest BCUT2D eigenvalue weighted by molar-refractivity contribution is 5.78. The van der Waals surface area contributed by atoms with Gasteiger partial charge in [-0.15, -0.1) is 0 Å². The molecule has 2 saturated heterocycles. The fourth-order valence-corrected chi connectivity index (χ4v) is 5.68. The summed E-state index contributed by atoms with van der Waals surface area (Å²) in [6.45, 7) is 6.24. The van der Waals surface area contributed by atoms with Crippen molar-refractivity contribution < 1.29 is 13.9 Å². The normalized spacial score (nSPS) is 20.6. The van der Waals surface area contributed by atoms with E-state index in [1.807, 2.05) is 30.0 Å². The van der Waals surface area contributed by atoms with Crippen molar-refractivity contribution in [3.8, 4) is 11.1 Å². The van der Waals surface area contributed by atoms with Crippen LogP contribution < -0.4 is 0 Å². The van der Waals surface area contributed by atoms with Crippen molar-refractivity contribution in [1.82, 2.24) is 9.80 Å². The van der Waals surface area contributed by atoms with Gasteiger partial charge in [-0.3, -0.25) is 9.69 Å². The lowest BCUT2D eigenvalue weighted by Crippen LogP contribution is -2.48. The first-order chi connectivity index (χ1) is 17.6. The summed E-state index contributed by atoms with van der Waals surface area (Å²) in [5, 5.41) is 0. The molecule has 188 valence electrons. The average Bonchev–Trinajstić information content (AvgIpc) is 3.41. The predicted octanol–water partition coefficient (Wildman–Crippen LogP) is 5.80. The molecule has 3 aromatic rings. The SMILES string of the molecule is Cc1cc(F)ccc1C1CN(C(=O)CN2CCCC2)CCC1OCc1ccccc1-c1ccccc1. The molecule has 2 unspecified atom stereocenters. The standard InChI is InChI=1S/C31H35FN2O2/c1-23-19-26(32)13-14-27(23)29-20-34(31(35)21-33-16-7-8-17-33)18-15-30(29)36-22-25-11-5-6-12-28(25)24-9-3-2-4-10-24/h2-6,9-14,19,29-30H,7-8,15-18,20-22H2,1H3. The number of halogens is 1. The number of piperidine rings is 1. The quantitative estimate of drug-likeness (QED) is 0.423. The Bertz CT molecular complexity index is 1180. The number of benzene rings is 3. The second kappa shape index (κ2) is 11.4. The van der Waals surface area contributed by atoms with Crippen LogP contribution in [0.4, 0.5) is 4.39 Å². The largest absolute Gasteiger partial charge is 0.373 e. The van der Waals surface area contributed by atoms with E-state index in [0.717, 1.165) is 36.2 Å². The maximum Gasteiger partial charge on any atom is 0.236 e. The number of likely N-dealkylation sites (tertiary alicyclic amines) is 2. The summed E-state index contributed by atoms with van der Waals surface area (Å²) in [4.78, 5) is 17.4. The number of nitrogens with zero attached hydrogens (tertiary/aromatic N) is 2. The van der Waals surface area contributed by atoms with E-state index in [2.05, 4.69) is 47.4 Å². The Balaban J connectivity index is 1.34. The van der Waals surface area contributed by atoms with Crippen molar-refractivity contribution >= 4 is 5.91 Å². The number of rotatable bonds is 7. The van der Waals surface area contributed by atoms with Crippen LogP contribution in [0.25, 0.3) is 11.1 Å². The summed E-state index contributed by atoms with van der Waals surface area (Å²) >= 11 is 0. The third-order valence-corrected chi connectivity index (χ3v) is 7.65. The van der Waals surface area contributed by atoms with Crippen LogP contribution in [0.5, 0.6) is 0 Å². The van der Waals surface area contributed by atoms with Gasteiger partial charge in [0.05, 0.1) is 19.3 Å². The van der Waals surface area contributed by atoms with Crippen LogP contribution >= 0.6 is 0 Å². The van der Waals surface area contributed by atoms with Crippen molar-refractivity contribution in [2.75, 3.05) is 32.7 Å². The molecule has 0 bridgehead atoms. The highest BCUT2D eigenvalue weighted by Crippen LogP contribution is 2.34. The van der Waals surface area contributed by atoms with E-state index < -0.39 is 0 Å². The number of carbonyl (C=O) groups is 1. The highest BCUT2D eigenvalue weighted by Gasteiger charge is 2.34. The zero-order chi connectivity index (χ0) is 24.9. The Morgan fingerprint density at radius 3 is 2.50 bits per heavy atom. The lowest BCUT2D eigenvalue weighted by molar-refractivity contribution is -0.135. The molecule has 2 fully saturated rings. The third kappa shape index (κ3) is 5.69. The molecule has 0 saturated carbocycles. The van der Waals surface area contributed by atoms with Crippen molar-refractivity contribution in [3.05, 3.63) is 95.3 Å². The molecule has 2 atom stereocenters. The third-order valence-electron chi connectivity index (χ3n) is 7.65. The van der Waals surface area contributed by atoms with E-state index >= 15 is 0 Å². The second-order valence-corrected chi connectivity index (χ2v) is 10.1. The monoisotopic (exact) mass is 486 g/mol. The number of amides is 1. The van der Waals surface area contributed by atoms with Crippen molar-refractivity contribution in [2.24, 2.45) is 0 Å². The summed E-state index contributed by atoms with van der Waals surface area (Å²) < 4.78 is 20.5. The van der Waals surface area contributed by atoms with Crippen LogP contribution in [0.15, 0.2) is 72.8 Å². The molecular formula is C31H35FN2O2. The Hall–Kier alpha value is -3.02. The van der Waals surface area contributed by atoms with E-state index in [9.17, 15) is 9.18 Å². The molecule has 0 spiro atoms. The van der Waals surface area contributed by atoms with Crippen LogP contribution in [0.1, 0.15) is 41.9 Å². The van der Waals surface area contributed by atoms with Gasteiger partial charge in [-0.05, 0) is 79.2 Å². The Morgan fingerprint density at radius 2 is 1.72 bits per heavy atom. The van der Waals surface area contributed by atoms with Gasteiger partial charge < -0.3 is 9.64 Å². The van der Waals surface area contributed by atoms with Crippen LogP contribution in [0, 0.1) is 12.7 Å². The smallest absolute Gasteiger partial charge is 0.236 e. The summed E-state index contributed by atoms with van der Waals surface area (Å²) in [5.41, 5.74) is 5.46. The van der Waals surface area contributed by atoms with Crippen molar-refractivity contribution in [2.45, 2.75) is 44.8 Å². The predicted molar refractivity (Wildman–Crippen MR) is 141 cm³/mol. The number of hydrogen-bond donors (Lipinski definition) is 0. The Labute approximate surface area is 213 Å². The maximum atomic E-state index is 13.9. The highest BCUT2D eigenvalue weighted by atomic mass is 19.1. The zero-order valence-corrected chi connectivity index (χ0v) is 21.0. The lowest BCUT2D eigenvalue weighted by Gasteiger charge is -2.40. The van der Waals surface area contributed by atoms with Gasteiger partial charge >= 0.3 is 0 Å².